The third-order valence-corrected chi connectivity index (χ3v) is 6.36. The highest BCUT2D eigenvalue weighted by Crippen LogP contribution is 2.22. The summed E-state index contributed by atoms with van der Waals surface area (Å²) < 4.78 is 31.6. The van der Waals surface area contributed by atoms with Gasteiger partial charge in [-0.05, 0) is 37.0 Å². The Morgan fingerprint density at radius 3 is 2.48 bits per heavy atom. The summed E-state index contributed by atoms with van der Waals surface area (Å²) in [5.74, 6) is -0.462. The lowest BCUT2D eigenvalue weighted by atomic mass is 10.1. The second kappa shape index (κ2) is 9.32. The fraction of sp³-hybridized carbons (Fsp3) is 0.579. The molecule has 7 nitrogen and oxygen atoms in total. The molecule has 8 heteroatoms. The van der Waals surface area contributed by atoms with Gasteiger partial charge in [-0.1, -0.05) is 19.9 Å². The number of sulfonamides is 1. The van der Waals surface area contributed by atoms with E-state index in [1.807, 2.05) is 13.8 Å². The van der Waals surface area contributed by atoms with Crippen LogP contribution >= 0.6 is 0 Å². The first kappa shape index (κ1) is 21.4. The average molecular weight is 397 g/mol. The number of esters is 1. The quantitative estimate of drug-likeness (QED) is 0.629. The highest BCUT2D eigenvalue weighted by Gasteiger charge is 2.28. The number of benzene rings is 1. The summed E-state index contributed by atoms with van der Waals surface area (Å²) >= 11 is 0. The molecular formula is C19H28N2O5S. The molecular weight excluding hydrogens is 368 g/mol. The Morgan fingerprint density at radius 1 is 1.22 bits per heavy atom. The Morgan fingerprint density at radius 2 is 1.89 bits per heavy atom. The largest absolute Gasteiger partial charge is 0.469 e. The van der Waals surface area contributed by atoms with Crippen LogP contribution in [0.1, 0.15) is 43.5 Å². The molecule has 0 aromatic heterocycles. The van der Waals surface area contributed by atoms with Crippen LogP contribution in [0.3, 0.4) is 0 Å². The molecule has 0 spiro atoms. The van der Waals surface area contributed by atoms with Gasteiger partial charge in [-0.3, -0.25) is 9.59 Å². The number of hydrogen-bond acceptors (Lipinski definition) is 5. The number of methoxy groups -OCH3 is 1. The third-order valence-electron chi connectivity index (χ3n) is 4.47. The molecule has 27 heavy (non-hydrogen) atoms. The van der Waals surface area contributed by atoms with Gasteiger partial charge in [0.2, 0.25) is 10.0 Å². The zero-order valence-corrected chi connectivity index (χ0v) is 17.0. The summed E-state index contributed by atoms with van der Waals surface area (Å²) in [5.41, 5.74) is 0.306. The third kappa shape index (κ3) is 5.52. The monoisotopic (exact) mass is 396 g/mol. The van der Waals surface area contributed by atoms with Crippen molar-refractivity contribution in [1.29, 1.82) is 0 Å². The van der Waals surface area contributed by atoms with Crippen molar-refractivity contribution in [2.75, 3.05) is 33.3 Å². The standard InChI is InChI=1S/C19H28N2O5S/c1-15(2)14-20(12-9-18(22)26-3)19(23)16-7-6-8-17(13-16)27(24,25)21-10-4-5-11-21/h6-8,13,15H,4-5,9-12,14H2,1-3H3. The van der Waals surface area contributed by atoms with E-state index < -0.39 is 10.0 Å². The fourth-order valence-electron chi connectivity index (χ4n) is 3.09. The molecule has 0 atom stereocenters. The lowest BCUT2D eigenvalue weighted by Gasteiger charge is -2.24. The summed E-state index contributed by atoms with van der Waals surface area (Å²) in [6.45, 7) is 5.68. The number of carbonyl (C=O) groups excluding carboxylic acids is 2. The van der Waals surface area contributed by atoms with Crippen molar-refractivity contribution in [3.8, 4) is 0 Å². The molecule has 150 valence electrons. The van der Waals surface area contributed by atoms with Gasteiger partial charge in [0.25, 0.3) is 5.91 Å². The first-order valence-electron chi connectivity index (χ1n) is 9.22. The Bertz CT molecular complexity index is 770. The minimum Gasteiger partial charge on any atom is -0.469 e. The maximum Gasteiger partial charge on any atom is 0.307 e. The molecule has 1 aliphatic rings. The molecule has 1 saturated heterocycles. The number of rotatable bonds is 8. The van der Waals surface area contributed by atoms with E-state index in [0.717, 1.165) is 12.8 Å². The molecule has 0 bridgehead atoms. The van der Waals surface area contributed by atoms with Gasteiger partial charge >= 0.3 is 5.97 Å². The number of hydrogen-bond donors (Lipinski definition) is 0. The van der Waals surface area contributed by atoms with Gasteiger partial charge in [-0.15, -0.1) is 0 Å². The Kier molecular flexibility index (Phi) is 7.38. The number of amides is 1. The van der Waals surface area contributed by atoms with Crippen molar-refractivity contribution < 1.29 is 22.7 Å². The van der Waals surface area contributed by atoms with Crippen LogP contribution in [0.4, 0.5) is 0 Å². The van der Waals surface area contributed by atoms with Gasteiger partial charge in [0.15, 0.2) is 0 Å². The normalized spacial score (nSPS) is 15.1. The van der Waals surface area contributed by atoms with E-state index in [-0.39, 0.29) is 35.7 Å². The minimum atomic E-state index is -3.58. The maximum absolute atomic E-state index is 12.9. The molecule has 1 aromatic carbocycles. The molecule has 0 saturated carbocycles. The summed E-state index contributed by atoms with van der Waals surface area (Å²) in [6.07, 6.45) is 1.81. The van der Waals surface area contributed by atoms with Crippen LogP contribution in [0.2, 0.25) is 0 Å². The van der Waals surface area contributed by atoms with Crippen molar-refractivity contribution in [3.05, 3.63) is 29.8 Å². The van der Waals surface area contributed by atoms with Gasteiger partial charge in [0.1, 0.15) is 0 Å². The van der Waals surface area contributed by atoms with E-state index >= 15 is 0 Å². The van der Waals surface area contributed by atoms with Crippen LogP contribution in [0, 0.1) is 5.92 Å². The molecule has 1 aromatic rings. The first-order valence-corrected chi connectivity index (χ1v) is 10.7. The van der Waals surface area contributed by atoms with E-state index in [4.69, 9.17) is 0 Å². The minimum absolute atomic E-state index is 0.0979. The predicted molar refractivity (Wildman–Crippen MR) is 102 cm³/mol. The van der Waals surface area contributed by atoms with Crippen LogP contribution in [0.5, 0.6) is 0 Å². The number of carbonyl (C=O) groups is 2. The highest BCUT2D eigenvalue weighted by atomic mass is 32.2. The van der Waals surface area contributed by atoms with Crippen molar-refractivity contribution in [3.63, 3.8) is 0 Å². The van der Waals surface area contributed by atoms with Gasteiger partial charge in [-0.25, -0.2) is 8.42 Å². The van der Waals surface area contributed by atoms with E-state index in [9.17, 15) is 18.0 Å². The molecule has 0 radical (unpaired) electrons. The molecule has 1 heterocycles. The second-order valence-corrected chi connectivity index (χ2v) is 9.05. The predicted octanol–water partition coefficient (Wildman–Crippen LogP) is 2.13. The van der Waals surface area contributed by atoms with Gasteiger partial charge in [0, 0.05) is 31.7 Å². The highest BCUT2D eigenvalue weighted by molar-refractivity contribution is 7.89. The van der Waals surface area contributed by atoms with Crippen molar-refractivity contribution >= 4 is 21.9 Å². The van der Waals surface area contributed by atoms with E-state index in [0.29, 0.717) is 25.2 Å². The molecule has 1 amide bonds. The van der Waals surface area contributed by atoms with Crippen molar-refractivity contribution in [1.82, 2.24) is 9.21 Å². The molecule has 0 unspecified atom stereocenters. The zero-order chi connectivity index (χ0) is 20.0. The summed E-state index contributed by atoms with van der Waals surface area (Å²) in [7, 11) is -2.28. The van der Waals surface area contributed by atoms with Crippen LogP contribution in [0.15, 0.2) is 29.2 Å². The SMILES string of the molecule is COC(=O)CCN(CC(C)C)C(=O)c1cccc(S(=O)(=O)N2CCCC2)c1. The summed E-state index contributed by atoms with van der Waals surface area (Å²) in [5, 5.41) is 0. The van der Waals surface area contributed by atoms with Gasteiger partial charge < -0.3 is 9.64 Å². The Labute approximate surface area is 161 Å². The number of ether oxygens (including phenoxy) is 1. The summed E-state index contributed by atoms with van der Waals surface area (Å²) in [6, 6.07) is 6.15. The van der Waals surface area contributed by atoms with E-state index in [1.54, 1.807) is 17.0 Å². The van der Waals surface area contributed by atoms with Crippen LogP contribution in [0.25, 0.3) is 0 Å². The average Bonchev–Trinajstić information content (AvgIpc) is 3.19. The Hall–Kier alpha value is -1.93. The van der Waals surface area contributed by atoms with Gasteiger partial charge in [0.05, 0.1) is 18.4 Å². The molecule has 1 fully saturated rings. The maximum atomic E-state index is 12.9. The Balaban J connectivity index is 2.23. The number of nitrogens with zero attached hydrogens (tertiary/aromatic N) is 2. The van der Waals surface area contributed by atoms with Gasteiger partial charge in [-0.2, -0.15) is 4.31 Å². The molecule has 1 aliphatic heterocycles. The lowest BCUT2D eigenvalue weighted by Crippen LogP contribution is -2.36. The first-order chi connectivity index (χ1) is 12.8. The molecule has 2 rings (SSSR count). The van der Waals surface area contributed by atoms with Crippen LogP contribution in [-0.2, 0) is 19.6 Å². The van der Waals surface area contributed by atoms with Crippen LogP contribution < -0.4 is 0 Å². The molecule has 0 aliphatic carbocycles. The summed E-state index contributed by atoms with van der Waals surface area (Å²) in [4.78, 5) is 26.1. The molecule has 0 N–H and O–H groups in total. The van der Waals surface area contributed by atoms with Crippen molar-refractivity contribution in [2.45, 2.75) is 38.0 Å². The van der Waals surface area contributed by atoms with Crippen LogP contribution in [-0.4, -0.2) is 62.8 Å². The van der Waals surface area contributed by atoms with E-state index in [2.05, 4.69) is 4.74 Å². The topological polar surface area (TPSA) is 84.0 Å². The van der Waals surface area contributed by atoms with E-state index in [1.165, 1.54) is 23.5 Å². The second-order valence-electron chi connectivity index (χ2n) is 7.11. The smallest absolute Gasteiger partial charge is 0.307 e. The zero-order valence-electron chi connectivity index (χ0n) is 16.2. The lowest BCUT2D eigenvalue weighted by molar-refractivity contribution is -0.140. The van der Waals surface area contributed by atoms with Crippen molar-refractivity contribution in [2.24, 2.45) is 5.92 Å². The fourth-order valence-corrected chi connectivity index (χ4v) is 4.66.